The Morgan fingerprint density at radius 1 is 1.00 bits per heavy atom. The highest BCUT2D eigenvalue weighted by Gasteiger charge is 2.25. The van der Waals surface area contributed by atoms with E-state index in [0.717, 1.165) is 17.6 Å². The fourth-order valence-corrected chi connectivity index (χ4v) is 3.69. The van der Waals surface area contributed by atoms with E-state index < -0.39 is 0 Å². The van der Waals surface area contributed by atoms with E-state index in [1.54, 1.807) is 0 Å². The van der Waals surface area contributed by atoms with Crippen molar-refractivity contribution in [1.82, 2.24) is 0 Å². The lowest BCUT2D eigenvalue weighted by Gasteiger charge is -2.20. The summed E-state index contributed by atoms with van der Waals surface area (Å²) in [5.41, 5.74) is 15.0. The minimum absolute atomic E-state index is 0.293. The predicted octanol–water partition coefficient (Wildman–Crippen LogP) is 9.15. The SMILES string of the molecule is C=C/C=C(\C=C/C)c1ccc(-c2ccccc2)c(CC=C)c1C(=C=C=CC)C1C=C1.CC. The quantitative estimate of drug-likeness (QED) is 0.228. The van der Waals surface area contributed by atoms with Crippen molar-refractivity contribution >= 4 is 11.1 Å². The minimum atomic E-state index is 0.293. The Balaban J connectivity index is 0.00000176. The molecule has 0 aromatic heterocycles. The van der Waals surface area contributed by atoms with E-state index in [0.29, 0.717) is 5.92 Å². The summed E-state index contributed by atoms with van der Waals surface area (Å²) in [4.78, 5) is 0. The molecule has 0 N–H and O–H groups in total. The molecule has 0 bridgehead atoms. The molecule has 32 heavy (non-hydrogen) atoms. The first-order chi connectivity index (χ1) is 15.7. The Bertz CT molecular complexity index is 1110. The second kappa shape index (κ2) is 13.0. The Hall–Kier alpha value is -3.56. The molecule has 1 aliphatic rings. The molecular formula is C32H34. The van der Waals surface area contributed by atoms with Crippen molar-refractivity contribution < 1.29 is 0 Å². The largest absolute Gasteiger partial charge is 0.103 e. The average molecular weight is 419 g/mol. The van der Waals surface area contributed by atoms with Crippen molar-refractivity contribution in [3.8, 4) is 11.1 Å². The lowest BCUT2D eigenvalue weighted by molar-refractivity contribution is 1.20. The van der Waals surface area contributed by atoms with Crippen LogP contribution in [0.4, 0.5) is 0 Å². The van der Waals surface area contributed by atoms with Crippen LogP contribution in [0.3, 0.4) is 0 Å². The minimum Gasteiger partial charge on any atom is -0.103 e. The molecule has 0 saturated heterocycles. The highest BCUT2D eigenvalue weighted by molar-refractivity contribution is 5.91. The summed E-state index contributed by atoms with van der Waals surface area (Å²) in [5.74, 6) is 0.293. The van der Waals surface area contributed by atoms with Gasteiger partial charge in [-0.25, -0.2) is 0 Å². The number of hydrogen-bond acceptors (Lipinski definition) is 0. The van der Waals surface area contributed by atoms with Gasteiger partial charge in [-0.2, -0.15) is 0 Å². The number of hydrogen-bond donors (Lipinski definition) is 0. The van der Waals surface area contributed by atoms with E-state index in [-0.39, 0.29) is 0 Å². The molecule has 0 heteroatoms. The van der Waals surface area contributed by atoms with E-state index in [4.69, 9.17) is 0 Å². The van der Waals surface area contributed by atoms with Gasteiger partial charge in [-0.3, -0.25) is 0 Å². The molecule has 0 heterocycles. The van der Waals surface area contributed by atoms with Crippen LogP contribution < -0.4 is 0 Å². The molecule has 3 rings (SSSR count). The summed E-state index contributed by atoms with van der Waals surface area (Å²) >= 11 is 0. The van der Waals surface area contributed by atoms with Gasteiger partial charge in [0.1, 0.15) is 0 Å². The number of benzene rings is 2. The lowest BCUT2D eigenvalue weighted by Crippen LogP contribution is -2.03. The van der Waals surface area contributed by atoms with Crippen LogP contribution in [0.15, 0.2) is 116 Å². The molecule has 0 unspecified atom stereocenters. The maximum Gasteiger partial charge on any atom is 0.0285 e. The highest BCUT2D eigenvalue weighted by Crippen LogP contribution is 2.42. The van der Waals surface area contributed by atoms with Gasteiger partial charge < -0.3 is 0 Å². The van der Waals surface area contributed by atoms with E-state index in [2.05, 4.69) is 97.5 Å². The molecule has 2 aromatic rings. The van der Waals surface area contributed by atoms with Crippen molar-refractivity contribution in [2.24, 2.45) is 5.92 Å². The van der Waals surface area contributed by atoms with Crippen LogP contribution in [0.2, 0.25) is 0 Å². The van der Waals surface area contributed by atoms with Crippen LogP contribution in [0.1, 0.15) is 44.4 Å². The zero-order valence-corrected chi connectivity index (χ0v) is 19.9. The van der Waals surface area contributed by atoms with Crippen molar-refractivity contribution in [1.29, 1.82) is 0 Å². The second-order valence-corrected chi connectivity index (χ2v) is 7.11. The van der Waals surface area contributed by atoms with Gasteiger partial charge in [0.05, 0.1) is 0 Å². The maximum absolute atomic E-state index is 4.05. The van der Waals surface area contributed by atoms with E-state index in [1.165, 1.54) is 27.8 Å². The monoisotopic (exact) mass is 418 g/mol. The third-order valence-corrected chi connectivity index (χ3v) is 5.04. The second-order valence-electron chi connectivity index (χ2n) is 7.11. The van der Waals surface area contributed by atoms with Gasteiger partial charge in [0.25, 0.3) is 0 Å². The van der Waals surface area contributed by atoms with Crippen molar-refractivity contribution in [2.75, 3.05) is 0 Å². The predicted molar refractivity (Wildman–Crippen MR) is 143 cm³/mol. The Labute approximate surface area is 194 Å². The molecule has 0 atom stereocenters. The molecule has 0 spiro atoms. The summed E-state index contributed by atoms with van der Waals surface area (Å²) in [6.07, 6.45) is 17.2. The Kier molecular flexibility index (Phi) is 10.0. The topological polar surface area (TPSA) is 0 Å². The van der Waals surface area contributed by atoms with Crippen LogP contribution in [-0.4, -0.2) is 0 Å². The normalized spacial score (nSPS) is 12.3. The fraction of sp³-hybridized carbons (Fsp3) is 0.188. The highest BCUT2D eigenvalue weighted by atomic mass is 14.3. The molecule has 0 radical (unpaired) electrons. The summed E-state index contributed by atoms with van der Waals surface area (Å²) in [6, 6.07) is 15.0. The van der Waals surface area contributed by atoms with Crippen LogP contribution >= 0.6 is 0 Å². The number of rotatable bonds is 8. The summed E-state index contributed by atoms with van der Waals surface area (Å²) in [7, 11) is 0. The van der Waals surface area contributed by atoms with Gasteiger partial charge in [-0.15, -0.1) is 6.58 Å². The van der Waals surface area contributed by atoms with Crippen LogP contribution in [0.5, 0.6) is 0 Å². The maximum atomic E-state index is 4.05. The summed E-state index contributed by atoms with van der Waals surface area (Å²) in [6.45, 7) is 16.0. The molecule has 0 aliphatic heterocycles. The van der Waals surface area contributed by atoms with Gasteiger partial charge in [0.15, 0.2) is 0 Å². The summed E-state index contributed by atoms with van der Waals surface area (Å²) in [5, 5.41) is 0. The number of allylic oxidation sites excluding steroid dienone is 10. The third kappa shape index (κ3) is 5.99. The van der Waals surface area contributed by atoms with E-state index in [9.17, 15) is 0 Å². The first-order valence-electron chi connectivity index (χ1n) is 11.4. The fourth-order valence-electron chi connectivity index (χ4n) is 3.69. The van der Waals surface area contributed by atoms with Crippen LogP contribution in [-0.2, 0) is 6.42 Å². The molecular weight excluding hydrogens is 384 g/mol. The van der Waals surface area contributed by atoms with Crippen molar-refractivity contribution in [3.63, 3.8) is 0 Å². The van der Waals surface area contributed by atoms with Gasteiger partial charge in [0, 0.05) is 11.5 Å². The van der Waals surface area contributed by atoms with Gasteiger partial charge in [0.2, 0.25) is 0 Å². The average Bonchev–Trinajstić information content (AvgIpc) is 3.67. The van der Waals surface area contributed by atoms with Crippen molar-refractivity contribution in [3.05, 3.63) is 132 Å². The smallest absolute Gasteiger partial charge is 0.0285 e. The molecule has 1 aliphatic carbocycles. The molecule has 0 fully saturated rings. The van der Waals surface area contributed by atoms with Crippen LogP contribution in [0.25, 0.3) is 22.3 Å². The summed E-state index contributed by atoms with van der Waals surface area (Å²) < 4.78 is 0. The molecule has 0 saturated carbocycles. The Morgan fingerprint density at radius 3 is 2.28 bits per heavy atom. The Morgan fingerprint density at radius 2 is 1.72 bits per heavy atom. The standard InChI is InChI=1S/C30H28.C2H6/c1-5-9-18-27(25-19-20-25)30-28(23(13-6-2)14-7-3)22-21-26(29(30)15-8-4)24-16-11-10-12-17-24;1-2/h5-8,10-14,16-17,19-22,25H,2,4,15H2,1,3H3;1-2H3/b14-7-,23-13+,27-5?;. The molecule has 0 amide bonds. The third-order valence-electron chi connectivity index (χ3n) is 5.04. The molecule has 0 nitrogen and oxygen atoms in total. The van der Waals surface area contributed by atoms with E-state index >= 15 is 0 Å². The molecule has 162 valence electrons. The lowest BCUT2D eigenvalue weighted by atomic mass is 9.82. The van der Waals surface area contributed by atoms with E-state index in [1.807, 2.05) is 45.9 Å². The first-order valence-corrected chi connectivity index (χ1v) is 11.4. The zero-order chi connectivity index (χ0) is 23.3. The van der Waals surface area contributed by atoms with Gasteiger partial charge in [-0.05, 0) is 59.7 Å². The first kappa shape index (κ1) is 24.7. The van der Waals surface area contributed by atoms with Gasteiger partial charge in [-0.1, -0.05) is 117 Å². The zero-order valence-electron chi connectivity index (χ0n) is 19.9. The van der Waals surface area contributed by atoms with Gasteiger partial charge >= 0.3 is 0 Å². The van der Waals surface area contributed by atoms with Crippen LogP contribution in [0, 0.1) is 5.92 Å². The van der Waals surface area contributed by atoms with Crippen molar-refractivity contribution in [2.45, 2.75) is 34.1 Å². The molecule has 2 aromatic carbocycles.